The molecule has 3 nitrogen and oxygen atoms in total. The number of amides is 1. The Balaban J connectivity index is 3.87. The van der Waals surface area contributed by atoms with Gasteiger partial charge in [-0.2, -0.15) is 0 Å². The van der Waals surface area contributed by atoms with Crippen LogP contribution in [0.1, 0.15) is 6.92 Å². The van der Waals surface area contributed by atoms with Crippen molar-refractivity contribution >= 4 is 19.2 Å². The predicted molar refractivity (Wildman–Crippen MR) is 47.2 cm³/mol. The molecule has 1 amide bonds. The van der Waals surface area contributed by atoms with Gasteiger partial charge in [0.15, 0.2) is 0 Å². The molecule has 0 aromatic carbocycles. The number of nitrogens with one attached hydrogen (secondary N) is 1. The second-order valence-electron chi connectivity index (χ2n) is 4.14. The molecule has 66 valence electrons. The Morgan fingerprint density at radius 1 is 1.55 bits per heavy atom. The molecule has 0 heterocycles. The normalized spacial score (nSPS) is 14.3. The van der Waals surface area contributed by atoms with Crippen molar-refractivity contribution in [1.29, 1.82) is 0 Å². The van der Waals surface area contributed by atoms with Crippen LogP contribution in [0, 0.1) is 5.92 Å². The van der Waals surface area contributed by atoms with Crippen LogP contribution in [0.2, 0.25) is 22.5 Å². The van der Waals surface area contributed by atoms with Crippen LogP contribution in [0.15, 0.2) is 0 Å². The molecule has 0 aromatic rings. The van der Waals surface area contributed by atoms with Crippen LogP contribution >= 0.6 is 0 Å². The zero-order valence-electron chi connectivity index (χ0n) is 7.64. The van der Waals surface area contributed by atoms with Gasteiger partial charge in [-0.3, -0.25) is 0 Å². The Hall–Kier alpha value is -0.0271. The summed E-state index contributed by atoms with van der Waals surface area (Å²) in [7, 11) is 0. The predicted octanol–water partition coefficient (Wildman–Crippen LogP) is 1.47. The van der Waals surface area contributed by atoms with Crippen LogP contribution in [-0.4, -0.2) is 24.4 Å². The van der Waals surface area contributed by atoms with Crippen molar-refractivity contribution in [1.82, 2.24) is 5.48 Å². The number of hydrogen-bond donors (Lipinski definition) is 2. The summed E-state index contributed by atoms with van der Waals surface area (Å²) in [5.74, 6) is 6.45. The van der Waals surface area contributed by atoms with Gasteiger partial charge in [-0.15, -0.1) is 0 Å². The summed E-state index contributed by atoms with van der Waals surface area (Å²) in [6.07, 6.45) is 0. The first kappa shape index (κ1) is 11.0. The number of rotatable bonds is 3. The maximum absolute atomic E-state index is 10.9. The monoisotopic (exact) mass is 221 g/mol. The van der Waals surface area contributed by atoms with Gasteiger partial charge >= 0.3 is 70.0 Å². The van der Waals surface area contributed by atoms with Gasteiger partial charge in [0.25, 0.3) is 0 Å². The molecule has 0 aliphatic rings. The Morgan fingerprint density at radius 3 is 2.27 bits per heavy atom. The molecule has 0 bridgehead atoms. The van der Waals surface area contributed by atoms with Crippen molar-refractivity contribution < 1.29 is 10.0 Å². The molecule has 1 unspecified atom stereocenters. The second-order valence-corrected chi connectivity index (χ2v) is 15.7. The first-order valence-electron chi connectivity index (χ1n) is 3.81. The fourth-order valence-corrected chi connectivity index (χ4v) is 5.36. The Labute approximate surface area is 70.5 Å². The van der Waals surface area contributed by atoms with E-state index in [0.717, 1.165) is 5.25 Å². The van der Waals surface area contributed by atoms with Crippen LogP contribution < -0.4 is 5.48 Å². The molecule has 4 heteroatoms. The summed E-state index contributed by atoms with van der Waals surface area (Å²) in [6.45, 7) is 1.85. The SMILES string of the molecule is CC([CH2][Ge]([CH3])([CH3])[CH3])C(=O)NO. The van der Waals surface area contributed by atoms with E-state index in [0.29, 0.717) is 0 Å². The minimum absolute atomic E-state index is 0.0417. The summed E-state index contributed by atoms with van der Waals surface area (Å²) in [5.41, 5.74) is 1.68. The van der Waals surface area contributed by atoms with Gasteiger partial charge in [0.2, 0.25) is 0 Å². The average molecular weight is 220 g/mol. The Kier molecular flexibility index (Phi) is 4.10. The van der Waals surface area contributed by atoms with E-state index in [-0.39, 0.29) is 11.8 Å². The van der Waals surface area contributed by atoms with Gasteiger partial charge in [-0.05, 0) is 0 Å². The molecule has 0 rings (SSSR count). The Morgan fingerprint density at radius 2 is 2.00 bits per heavy atom. The third-order valence-electron chi connectivity index (χ3n) is 1.48. The van der Waals surface area contributed by atoms with E-state index >= 15 is 0 Å². The third-order valence-corrected chi connectivity index (χ3v) is 5.33. The fourth-order valence-electron chi connectivity index (χ4n) is 1.12. The zero-order chi connectivity index (χ0) is 9.07. The topological polar surface area (TPSA) is 49.3 Å². The van der Waals surface area contributed by atoms with Crippen molar-refractivity contribution in [2.75, 3.05) is 0 Å². The molecule has 0 aliphatic carbocycles. The van der Waals surface area contributed by atoms with Crippen LogP contribution in [0.5, 0.6) is 0 Å². The van der Waals surface area contributed by atoms with Crippen molar-refractivity contribution in [3.8, 4) is 0 Å². The summed E-state index contributed by atoms with van der Waals surface area (Å²) in [5, 5.41) is 9.29. The summed E-state index contributed by atoms with van der Waals surface area (Å²) in [4.78, 5) is 10.9. The van der Waals surface area contributed by atoms with Crippen LogP contribution in [-0.2, 0) is 4.79 Å². The maximum atomic E-state index is 10.9. The van der Waals surface area contributed by atoms with E-state index < -0.39 is 13.3 Å². The van der Waals surface area contributed by atoms with Crippen molar-refractivity contribution in [2.45, 2.75) is 29.4 Å². The van der Waals surface area contributed by atoms with Crippen LogP contribution in [0.4, 0.5) is 0 Å². The molecule has 0 aromatic heterocycles. The number of hydroxylamine groups is 1. The van der Waals surface area contributed by atoms with Gasteiger partial charge < -0.3 is 0 Å². The fraction of sp³-hybridized carbons (Fsp3) is 0.857. The van der Waals surface area contributed by atoms with Crippen molar-refractivity contribution in [2.24, 2.45) is 5.92 Å². The standard InChI is InChI=1S/C7H17GeNO2/c1-6(7(10)9-11)5-8(2,3)4/h6,11H,5H2,1-4H3,(H,9,10). The second kappa shape index (κ2) is 4.11. The number of hydrogen-bond acceptors (Lipinski definition) is 2. The van der Waals surface area contributed by atoms with Gasteiger partial charge in [0.1, 0.15) is 0 Å². The minimum atomic E-state index is -1.63. The van der Waals surface area contributed by atoms with E-state index in [1.807, 2.05) is 6.92 Å². The van der Waals surface area contributed by atoms with E-state index in [9.17, 15) is 4.79 Å². The summed E-state index contributed by atoms with van der Waals surface area (Å²) in [6, 6.07) is 0. The first-order valence-corrected chi connectivity index (χ1v) is 11.6. The molecule has 1 atom stereocenters. The quantitative estimate of drug-likeness (QED) is 0.429. The van der Waals surface area contributed by atoms with E-state index in [2.05, 4.69) is 17.3 Å². The van der Waals surface area contributed by atoms with Gasteiger partial charge in [0, 0.05) is 0 Å². The molecular formula is C7H17GeNO2. The molecule has 0 saturated carbocycles. The zero-order valence-corrected chi connectivity index (χ0v) is 9.74. The van der Waals surface area contributed by atoms with Gasteiger partial charge in [-0.1, -0.05) is 0 Å². The van der Waals surface area contributed by atoms with E-state index in [1.54, 1.807) is 5.48 Å². The molecular weight excluding hydrogens is 203 g/mol. The van der Waals surface area contributed by atoms with Gasteiger partial charge in [0.05, 0.1) is 0 Å². The molecule has 0 aliphatic heterocycles. The molecule has 0 fully saturated rings. The van der Waals surface area contributed by atoms with Crippen LogP contribution in [0.3, 0.4) is 0 Å². The van der Waals surface area contributed by atoms with Crippen molar-refractivity contribution in [3.05, 3.63) is 0 Å². The summed E-state index contributed by atoms with van der Waals surface area (Å²) >= 11 is -1.63. The van der Waals surface area contributed by atoms with Crippen molar-refractivity contribution in [3.63, 3.8) is 0 Å². The van der Waals surface area contributed by atoms with Crippen LogP contribution in [0.25, 0.3) is 0 Å². The summed E-state index contributed by atoms with van der Waals surface area (Å²) < 4.78 is 0. The molecule has 0 saturated heterocycles. The third kappa shape index (κ3) is 5.27. The molecule has 2 N–H and O–H groups in total. The van der Waals surface area contributed by atoms with E-state index in [4.69, 9.17) is 5.21 Å². The number of carbonyl (C=O) groups excluding carboxylic acids is 1. The molecule has 11 heavy (non-hydrogen) atoms. The first-order chi connectivity index (χ1) is 4.87. The van der Waals surface area contributed by atoms with E-state index in [1.165, 1.54) is 0 Å². The molecule has 0 spiro atoms. The Bertz CT molecular complexity index is 142. The van der Waals surface area contributed by atoms with Gasteiger partial charge in [-0.25, -0.2) is 0 Å². The average Bonchev–Trinajstić information content (AvgIpc) is 1.82. The number of carbonyl (C=O) groups is 1. The molecule has 0 radical (unpaired) electrons.